The fourth-order valence-corrected chi connectivity index (χ4v) is 2.59. The molecule has 0 radical (unpaired) electrons. The smallest absolute Gasteiger partial charge is 0.294 e. The Kier molecular flexibility index (Phi) is 5.38. The molecule has 0 fully saturated rings. The first kappa shape index (κ1) is 16.7. The van der Waals surface area contributed by atoms with Gasteiger partial charge in [0.25, 0.3) is 5.69 Å². The Labute approximate surface area is 149 Å². The Bertz CT molecular complexity index is 845. The van der Waals surface area contributed by atoms with E-state index < -0.39 is 4.92 Å². The zero-order valence-electron chi connectivity index (χ0n) is 13.1. The molecule has 7 heteroatoms. The molecule has 25 heavy (non-hydrogen) atoms. The quantitative estimate of drug-likeness (QED) is 0.257. The molecule has 3 rings (SSSR count). The van der Waals surface area contributed by atoms with Crippen molar-refractivity contribution in [3.05, 3.63) is 89.0 Å². The molecule has 0 amide bonds. The summed E-state index contributed by atoms with van der Waals surface area (Å²) < 4.78 is 8.40. The van der Waals surface area contributed by atoms with Crippen LogP contribution in [0.25, 0.3) is 0 Å². The van der Waals surface area contributed by atoms with Gasteiger partial charge in [0, 0.05) is 11.8 Å². The first-order chi connectivity index (χ1) is 12.2. The summed E-state index contributed by atoms with van der Waals surface area (Å²) in [6.45, 7) is 0. The van der Waals surface area contributed by atoms with Gasteiger partial charge in [-0.05, 0) is 36.4 Å². The molecule has 0 unspecified atom stereocenters. The molecule has 126 valence electrons. The van der Waals surface area contributed by atoms with Gasteiger partial charge in [-0.25, -0.2) is 0 Å². The van der Waals surface area contributed by atoms with Crippen LogP contribution in [0.15, 0.2) is 78.9 Å². The third-order valence-electron chi connectivity index (χ3n) is 3.29. The second-order valence-electron chi connectivity index (χ2n) is 5.06. The van der Waals surface area contributed by atoms with E-state index in [0.29, 0.717) is 17.1 Å². The van der Waals surface area contributed by atoms with Crippen LogP contribution in [0.1, 0.15) is 0 Å². The first-order valence-corrected chi connectivity index (χ1v) is 8.21. The lowest BCUT2D eigenvalue weighted by atomic mass is 10.2. The summed E-state index contributed by atoms with van der Waals surface area (Å²) in [4.78, 5) is 10.9. The molecule has 6 nitrogen and oxygen atoms in total. The van der Waals surface area contributed by atoms with Crippen LogP contribution in [0, 0.1) is 10.1 Å². The number of hydrogen-bond donors (Lipinski definition) is 2. The van der Waals surface area contributed by atoms with Gasteiger partial charge < -0.3 is 9.50 Å². The largest absolute Gasteiger partial charge is 0.405 e. The van der Waals surface area contributed by atoms with Crippen molar-refractivity contribution in [1.29, 1.82) is 0 Å². The predicted octanol–water partition coefficient (Wildman–Crippen LogP) is 5.39. The van der Waals surface area contributed by atoms with Gasteiger partial charge in [-0.15, -0.1) is 0 Å². The summed E-state index contributed by atoms with van der Waals surface area (Å²) in [5.41, 5.74) is 1.77. The lowest BCUT2D eigenvalue weighted by molar-refractivity contribution is -0.383. The summed E-state index contributed by atoms with van der Waals surface area (Å²) >= 11 is 0.997. The zero-order chi connectivity index (χ0) is 17.5. The number of para-hydroxylation sites is 2. The van der Waals surface area contributed by atoms with Crippen molar-refractivity contribution in [2.45, 2.75) is 0 Å². The molecule has 0 saturated carbocycles. The van der Waals surface area contributed by atoms with E-state index in [2.05, 4.69) is 10.0 Å². The molecule has 0 aliphatic carbocycles. The number of anilines is 3. The van der Waals surface area contributed by atoms with E-state index in [1.165, 1.54) is 6.07 Å². The van der Waals surface area contributed by atoms with Crippen LogP contribution < -0.4 is 14.2 Å². The number of nitrogens with zero attached hydrogens (tertiary/aromatic N) is 1. The standard InChI is InChI=1S/C18H15N3O3S/c22-21(23)18-13-15(20-25-24-16-9-5-2-6-10-16)11-12-17(18)19-14-7-3-1-4-8-14/h1-13,19-20H. The number of hydrogen-bond acceptors (Lipinski definition) is 6. The van der Waals surface area contributed by atoms with E-state index in [-0.39, 0.29) is 5.69 Å². The maximum atomic E-state index is 11.4. The number of nitrogens with one attached hydrogen (secondary N) is 2. The van der Waals surface area contributed by atoms with Crippen molar-refractivity contribution in [3.8, 4) is 5.75 Å². The molecule has 0 heterocycles. The number of nitro groups is 1. The third-order valence-corrected chi connectivity index (χ3v) is 3.88. The Hall–Kier alpha value is -3.19. The van der Waals surface area contributed by atoms with Crippen molar-refractivity contribution < 1.29 is 9.11 Å². The minimum Gasteiger partial charge on any atom is -0.405 e. The summed E-state index contributed by atoms with van der Waals surface area (Å²) in [5, 5.41) is 14.4. The number of benzene rings is 3. The van der Waals surface area contributed by atoms with Crippen molar-refractivity contribution in [3.63, 3.8) is 0 Å². The van der Waals surface area contributed by atoms with E-state index in [4.69, 9.17) is 4.18 Å². The second kappa shape index (κ2) is 8.07. The molecule has 0 spiro atoms. The highest BCUT2D eigenvalue weighted by atomic mass is 32.2. The average Bonchev–Trinajstić information content (AvgIpc) is 2.64. The Balaban J connectivity index is 1.69. The molecule has 2 N–H and O–H groups in total. The Morgan fingerprint density at radius 1 is 0.880 bits per heavy atom. The molecular weight excluding hydrogens is 338 g/mol. The lowest BCUT2D eigenvalue weighted by Crippen LogP contribution is -1.99. The summed E-state index contributed by atoms with van der Waals surface area (Å²) in [5.74, 6) is 0.692. The first-order valence-electron chi connectivity index (χ1n) is 7.47. The molecular formula is C18H15N3O3S. The fraction of sp³-hybridized carbons (Fsp3) is 0. The molecule has 0 atom stereocenters. The minimum atomic E-state index is -0.417. The minimum absolute atomic E-state index is 0.0193. The maximum absolute atomic E-state index is 11.4. The Morgan fingerprint density at radius 2 is 1.56 bits per heavy atom. The Morgan fingerprint density at radius 3 is 2.24 bits per heavy atom. The van der Waals surface area contributed by atoms with Crippen LogP contribution in [-0.4, -0.2) is 4.92 Å². The third kappa shape index (κ3) is 4.65. The van der Waals surface area contributed by atoms with Gasteiger partial charge in [0.05, 0.1) is 10.6 Å². The summed E-state index contributed by atoms with van der Waals surface area (Å²) in [7, 11) is 0. The predicted molar refractivity (Wildman–Crippen MR) is 101 cm³/mol. The second-order valence-corrected chi connectivity index (χ2v) is 5.60. The van der Waals surface area contributed by atoms with Crippen molar-refractivity contribution in [1.82, 2.24) is 0 Å². The number of nitro benzene ring substituents is 1. The highest BCUT2D eigenvalue weighted by Gasteiger charge is 2.15. The lowest BCUT2D eigenvalue weighted by Gasteiger charge is -2.10. The van der Waals surface area contributed by atoms with E-state index >= 15 is 0 Å². The van der Waals surface area contributed by atoms with E-state index in [0.717, 1.165) is 17.9 Å². The molecule has 3 aromatic rings. The molecule has 3 aromatic carbocycles. The van der Waals surface area contributed by atoms with Crippen LogP contribution in [0.3, 0.4) is 0 Å². The van der Waals surface area contributed by atoms with E-state index in [1.54, 1.807) is 12.1 Å². The molecule has 0 saturated heterocycles. The van der Waals surface area contributed by atoms with Crippen molar-refractivity contribution in [2.75, 3.05) is 10.0 Å². The number of rotatable bonds is 7. The van der Waals surface area contributed by atoms with Crippen LogP contribution in [0.2, 0.25) is 0 Å². The van der Waals surface area contributed by atoms with Gasteiger partial charge in [0.2, 0.25) is 0 Å². The van der Waals surface area contributed by atoms with Crippen LogP contribution >= 0.6 is 12.2 Å². The zero-order valence-corrected chi connectivity index (χ0v) is 13.9. The van der Waals surface area contributed by atoms with E-state index in [9.17, 15) is 10.1 Å². The van der Waals surface area contributed by atoms with Crippen LogP contribution in [0.4, 0.5) is 22.7 Å². The van der Waals surface area contributed by atoms with Gasteiger partial charge in [0.15, 0.2) is 12.2 Å². The summed E-state index contributed by atoms with van der Waals surface area (Å²) in [6.07, 6.45) is 0. The van der Waals surface area contributed by atoms with Crippen molar-refractivity contribution >= 4 is 35.0 Å². The monoisotopic (exact) mass is 353 g/mol. The average molecular weight is 353 g/mol. The summed E-state index contributed by atoms with van der Waals surface area (Å²) in [6, 6.07) is 23.5. The normalized spacial score (nSPS) is 10.1. The molecule has 0 aromatic heterocycles. The molecule has 0 bridgehead atoms. The van der Waals surface area contributed by atoms with Crippen molar-refractivity contribution in [2.24, 2.45) is 0 Å². The van der Waals surface area contributed by atoms with Crippen LogP contribution in [0.5, 0.6) is 5.75 Å². The highest BCUT2D eigenvalue weighted by Crippen LogP contribution is 2.31. The SMILES string of the molecule is O=[N+]([O-])c1cc(NSOc2ccccc2)ccc1Nc1ccccc1. The van der Waals surface area contributed by atoms with E-state index in [1.807, 2.05) is 60.7 Å². The fourth-order valence-electron chi connectivity index (χ4n) is 2.12. The maximum Gasteiger partial charge on any atom is 0.294 e. The van der Waals surface area contributed by atoms with Gasteiger partial charge in [-0.3, -0.25) is 14.8 Å². The highest BCUT2D eigenvalue weighted by molar-refractivity contribution is 7.96. The molecule has 0 aliphatic rings. The van der Waals surface area contributed by atoms with Gasteiger partial charge in [-0.2, -0.15) is 0 Å². The van der Waals surface area contributed by atoms with Crippen LogP contribution in [-0.2, 0) is 0 Å². The molecule has 0 aliphatic heterocycles. The topological polar surface area (TPSA) is 76.4 Å². The van der Waals surface area contributed by atoms with Gasteiger partial charge in [-0.1, -0.05) is 36.4 Å². The van der Waals surface area contributed by atoms with Gasteiger partial charge in [0.1, 0.15) is 11.4 Å². The van der Waals surface area contributed by atoms with Gasteiger partial charge >= 0.3 is 0 Å².